The number of rotatable bonds is 3. The number of hydrogen-bond acceptors (Lipinski definition) is 6. The first kappa shape index (κ1) is 17.8. The van der Waals surface area contributed by atoms with Crippen molar-refractivity contribution in [2.24, 2.45) is 0 Å². The zero-order valence-corrected chi connectivity index (χ0v) is 14.2. The quantitative estimate of drug-likeness (QED) is 0.729. The van der Waals surface area contributed by atoms with Crippen molar-refractivity contribution in [2.75, 3.05) is 19.5 Å². The Morgan fingerprint density at radius 1 is 1.12 bits per heavy atom. The molecule has 11 heteroatoms. The predicted octanol–water partition coefficient (Wildman–Crippen LogP) is 2.45. The third-order valence-electron chi connectivity index (χ3n) is 4.47. The van der Waals surface area contributed by atoms with Gasteiger partial charge in [-0.05, 0) is 12.1 Å². The first-order valence-electron chi connectivity index (χ1n) is 7.72. The van der Waals surface area contributed by atoms with E-state index < -0.39 is 62.8 Å². The zero-order valence-electron chi connectivity index (χ0n) is 13.4. The highest BCUT2D eigenvalue weighted by molar-refractivity contribution is 7.90. The summed E-state index contributed by atoms with van der Waals surface area (Å²) in [5.41, 5.74) is -0.508. The van der Waals surface area contributed by atoms with Crippen molar-refractivity contribution in [3.05, 3.63) is 17.7 Å². The molecular formula is C15H14F4O6S. The lowest BCUT2D eigenvalue weighted by molar-refractivity contribution is -0.355. The second-order valence-corrected chi connectivity index (χ2v) is 8.46. The molecule has 0 bridgehead atoms. The summed E-state index contributed by atoms with van der Waals surface area (Å²) in [6.07, 6.45) is -5.20. The highest BCUT2D eigenvalue weighted by atomic mass is 32.2. The van der Waals surface area contributed by atoms with Crippen LogP contribution >= 0.6 is 0 Å². The Labute approximate surface area is 145 Å². The average molecular weight is 398 g/mol. The molecule has 2 aliphatic heterocycles. The van der Waals surface area contributed by atoms with E-state index in [0.717, 1.165) is 18.4 Å². The second kappa shape index (κ2) is 5.23. The molecule has 3 aliphatic rings. The van der Waals surface area contributed by atoms with E-state index in [1.807, 2.05) is 0 Å². The van der Waals surface area contributed by atoms with Gasteiger partial charge in [0.15, 0.2) is 21.3 Å². The van der Waals surface area contributed by atoms with Crippen LogP contribution in [0, 0.1) is 0 Å². The maximum atomic E-state index is 14.6. The minimum Gasteiger partial charge on any atom is -0.486 e. The van der Waals surface area contributed by atoms with Gasteiger partial charge in [0.2, 0.25) is 0 Å². The van der Waals surface area contributed by atoms with Crippen molar-refractivity contribution in [1.82, 2.24) is 0 Å². The summed E-state index contributed by atoms with van der Waals surface area (Å²) in [7, 11) is -3.95. The molecule has 1 saturated heterocycles. The Morgan fingerprint density at radius 2 is 1.73 bits per heavy atom. The fraction of sp³-hybridized carbons (Fsp3) is 0.600. The maximum absolute atomic E-state index is 14.6. The number of ether oxygens (including phenoxy) is 4. The molecule has 0 aromatic heterocycles. The standard InChI is InChI=1S/C15H14F4O6S/c1-26(20,21)10-3-2-9(24-8-6-13(16,17)7-8)12-11(10)14(15(18,19)25-12)22-4-5-23-14/h2-3,8H,4-7H2,1H3. The molecule has 4 rings (SSSR count). The molecule has 1 aromatic rings. The molecular weight excluding hydrogens is 384 g/mol. The van der Waals surface area contributed by atoms with Crippen LogP contribution in [0.5, 0.6) is 11.5 Å². The average Bonchev–Trinajstić information content (AvgIpc) is 3.03. The van der Waals surface area contributed by atoms with E-state index in [4.69, 9.17) is 14.2 Å². The molecule has 0 radical (unpaired) electrons. The molecule has 6 nitrogen and oxygen atoms in total. The number of halogens is 4. The van der Waals surface area contributed by atoms with Crippen molar-refractivity contribution >= 4 is 9.84 Å². The molecule has 0 atom stereocenters. The lowest BCUT2D eigenvalue weighted by atomic mass is 9.91. The number of hydrogen-bond donors (Lipinski definition) is 0. The van der Waals surface area contributed by atoms with E-state index in [2.05, 4.69) is 4.74 Å². The van der Waals surface area contributed by atoms with Gasteiger partial charge in [0.1, 0.15) is 6.10 Å². The molecule has 0 N–H and O–H groups in total. The minimum absolute atomic E-state index is 0.193. The largest absolute Gasteiger partial charge is 0.486 e. The fourth-order valence-electron chi connectivity index (χ4n) is 3.30. The topological polar surface area (TPSA) is 71.1 Å². The third kappa shape index (κ3) is 2.48. The van der Waals surface area contributed by atoms with Crippen LogP contribution < -0.4 is 9.47 Å². The van der Waals surface area contributed by atoms with Crippen LogP contribution in [0.1, 0.15) is 18.4 Å². The zero-order chi connectivity index (χ0) is 19.0. The molecule has 1 spiro atoms. The van der Waals surface area contributed by atoms with Crippen LogP contribution in [0.15, 0.2) is 17.0 Å². The van der Waals surface area contributed by atoms with E-state index in [9.17, 15) is 26.0 Å². The molecule has 0 unspecified atom stereocenters. The van der Waals surface area contributed by atoms with Gasteiger partial charge in [-0.3, -0.25) is 0 Å². The third-order valence-corrected chi connectivity index (χ3v) is 5.60. The van der Waals surface area contributed by atoms with Crippen LogP contribution in [0.2, 0.25) is 0 Å². The summed E-state index contributed by atoms with van der Waals surface area (Å²) >= 11 is 0. The number of alkyl halides is 4. The minimum atomic E-state index is -4.02. The Kier molecular flexibility index (Phi) is 3.58. The molecule has 144 valence electrons. The molecule has 1 aromatic carbocycles. The van der Waals surface area contributed by atoms with Gasteiger partial charge in [-0.25, -0.2) is 17.2 Å². The lowest BCUT2D eigenvalue weighted by Gasteiger charge is -2.35. The van der Waals surface area contributed by atoms with Gasteiger partial charge in [0.25, 0.3) is 5.92 Å². The monoisotopic (exact) mass is 398 g/mol. The molecule has 1 saturated carbocycles. The van der Waals surface area contributed by atoms with Gasteiger partial charge in [0.05, 0.1) is 23.7 Å². The van der Waals surface area contributed by atoms with Gasteiger partial charge in [-0.1, -0.05) is 0 Å². The van der Waals surface area contributed by atoms with Crippen LogP contribution in [-0.2, 0) is 25.1 Å². The van der Waals surface area contributed by atoms with Crippen molar-refractivity contribution in [3.8, 4) is 11.5 Å². The SMILES string of the molecule is CS(=O)(=O)c1ccc(OC2CC(F)(F)C2)c2c1C1(OCCO1)C(F)(F)O2. The van der Waals surface area contributed by atoms with Crippen molar-refractivity contribution in [2.45, 2.75) is 41.7 Å². The Morgan fingerprint density at radius 3 is 2.27 bits per heavy atom. The summed E-state index contributed by atoms with van der Waals surface area (Å²) in [5, 5.41) is 0. The number of fused-ring (bicyclic) bond motifs is 2. The summed E-state index contributed by atoms with van der Waals surface area (Å²) in [5.74, 6) is -6.42. The predicted molar refractivity (Wildman–Crippen MR) is 77.3 cm³/mol. The van der Waals surface area contributed by atoms with Crippen molar-refractivity contribution < 1.29 is 44.9 Å². The van der Waals surface area contributed by atoms with E-state index >= 15 is 0 Å². The van der Waals surface area contributed by atoms with E-state index in [-0.39, 0.29) is 19.0 Å². The van der Waals surface area contributed by atoms with Gasteiger partial charge >= 0.3 is 11.9 Å². The Hall–Kier alpha value is -1.59. The Balaban J connectivity index is 1.83. The Bertz CT molecular complexity index is 855. The van der Waals surface area contributed by atoms with E-state index in [1.165, 1.54) is 0 Å². The van der Waals surface area contributed by atoms with Gasteiger partial charge in [-0.15, -0.1) is 0 Å². The summed E-state index contributed by atoms with van der Waals surface area (Å²) in [4.78, 5) is -0.460. The fourth-order valence-corrected chi connectivity index (χ4v) is 4.21. The molecule has 2 fully saturated rings. The number of sulfone groups is 1. The van der Waals surface area contributed by atoms with Crippen LogP contribution in [0.4, 0.5) is 17.6 Å². The van der Waals surface area contributed by atoms with Gasteiger partial charge in [-0.2, -0.15) is 8.78 Å². The van der Waals surface area contributed by atoms with E-state index in [0.29, 0.717) is 0 Å². The molecule has 2 heterocycles. The van der Waals surface area contributed by atoms with Crippen LogP contribution in [0.3, 0.4) is 0 Å². The van der Waals surface area contributed by atoms with Gasteiger partial charge in [0, 0.05) is 19.1 Å². The first-order chi connectivity index (χ1) is 12.0. The molecule has 0 amide bonds. The normalized spacial score (nSPS) is 25.6. The number of benzene rings is 1. The lowest BCUT2D eigenvalue weighted by Crippen LogP contribution is -2.45. The highest BCUT2D eigenvalue weighted by Gasteiger charge is 2.70. The smallest absolute Gasteiger partial charge is 0.459 e. The second-order valence-electron chi connectivity index (χ2n) is 6.47. The van der Waals surface area contributed by atoms with Gasteiger partial charge < -0.3 is 18.9 Å². The molecule has 26 heavy (non-hydrogen) atoms. The summed E-state index contributed by atoms with van der Waals surface area (Å²) in [6, 6.07) is 2.16. The van der Waals surface area contributed by atoms with Crippen molar-refractivity contribution in [3.63, 3.8) is 0 Å². The summed E-state index contributed by atoms with van der Waals surface area (Å²) in [6.45, 7) is -0.386. The summed E-state index contributed by atoms with van der Waals surface area (Å²) < 4.78 is 99.4. The van der Waals surface area contributed by atoms with Crippen LogP contribution in [-0.4, -0.2) is 46.0 Å². The van der Waals surface area contributed by atoms with Crippen molar-refractivity contribution in [1.29, 1.82) is 0 Å². The maximum Gasteiger partial charge on any atom is 0.459 e. The molecule has 1 aliphatic carbocycles. The van der Waals surface area contributed by atoms with E-state index in [1.54, 1.807) is 0 Å². The highest BCUT2D eigenvalue weighted by Crippen LogP contribution is 2.59. The van der Waals surface area contributed by atoms with Crippen LogP contribution in [0.25, 0.3) is 0 Å². The first-order valence-corrected chi connectivity index (χ1v) is 9.61.